The molecule has 0 N–H and O–H groups in total. The Morgan fingerprint density at radius 1 is 1.12 bits per heavy atom. The Kier molecular flexibility index (Phi) is 3.13. The standard InChI is InChI=1S/C21H19BN2OP/c1-12-5-6-15-14-7-8-17-18(19(14)25-20(15)23-12)16-11-13(21(2,3)22)9-10-24(16)26(17)4/h5-11H,1-4H3/q+1. The van der Waals surface area contributed by atoms with Crippen LogP contribution >= 0.6 is 7.69 Å². The molecule has 3 nitrogen and oxygen atoms in total. The van der Waals surface area contributed by atoms with Crippen LogP contribution < -0.4 is 4.16 Å². The predicted molar refractivity (Wildman–Crippen MR) is 109 cm³/mol. The van der Waals surface area contributed by atoms with Crippen LogP contribution in [0, 0.1) is 6.92 Å². The molecule has 4 aromatic heterocycles. The molecular formula is C21H19BN2OP+. The zero-order valence-electron chi connectivity index (χ0n) is 15.4. The van der Waals surface area contributed by atoms with E-state index in [-0.39, 0.29) is 5.31 Å². The number of aryl methyl sites for hydroxylation is 2. The lowest BCUT2D eigenvalue weighted by Gasteiger charge is -2.17. The summed E-state index contributed by atoms with van der Waals surface area (Å²) in [7, 11) is 5.90. The van der Waals surface area contributed by atoms with Crippen molar-refractivity contribution in [2.45, 2.75) is 26.1 Å². The van der Waals surface area contributed by atoms with E-state index in [4.69, 9.17) is 12.3 Å². The highest BCUT2D eigenvalue weighted by atomic mass is 31.1. The molecule has 4 heterocycles. The molecule has 5 rings (SSSR count). The zero-order chi connectivity index (χ0) is 18.2. The van der Waals surface area contributed by atoms with Crippen LogP contribution in [0.4, 0.5) is 0 Å². The number of hydrogen-bond donors (Lipinski definition) is 0. The van der Waals surface area contributed by atoms with Gasteiger partial charge in [0.05, 0.1) is 13.0 Å². The van der Waals surface area contributed by atoms with Gasteiger partial charge in [0.1, 0.15) is 13.1 Å². The third-order valence-corrected chi connectivity index (χ3v) is 7.30. The lowest BCUT2D eigenvalue weighted by Crippen LogP contribution is -2.21. The fourth-order valence-corrected chi connectivity index (χ4v) is 5.59. The number of pyridine rings is 2. The summed E-state index contributed by atoms with van der Waals surface area (Å²) in [4.78, 5) is 4.58. The van der Waals surface area contributed by atoms with Gasteiger partial charge in [-0.15, -0.1) is 0 Å². The lowest BCUT2D eigenvalue weighted by atomic mass is 9.68. The Bertz CT molecular complexity index is 1340. The zero-order valence-corrected chi connectivity index (χ0v) is 16.3. The van der Waals surface area contributed by atoms with E-state index in [1.807, 2.05) is 26.8 Å². The largest absolute Gasteiger partial charge is 0.437 e. The molecule has 1 aromatic carbocycles. The number of nitrogens with zero attached hydrogens (tertiary/aromatic N) is 2. The van der Waals surface area contributed by atoms with Gasteiger partial charge >= 0.3 is 0 Å². The van der Waals surface area contributed by atoms with Gasteiger partial charge in [-0.1, -0.05) is 13.8 Å². The number of furan rings is 1. The van der Waals surface area contributed by atoms with Crippen molar-refractivity contribution in [1.29, 1.82) is 0 Å². The predicted octanol–water partition coefficient (Wildman–Crippen LogP) is 5.11. The van der Waals surface area contributed by atoms with Crippen LogP contribution in [0.5, 0.6) is 0 Å². The van der Waals surface area contributed by atoms with Crippen LogP contribution in [-0.4, -0.2) is 12.8 Å². The second-order valence-corrected chi connectivity index (χ2v) is 9.59. The topological polar surface area (TPSA) is 30.1 Å². The molecule has 0 aliphatic rings. The van der Waals surface area contributed by atoms with Crippen LogP contribution in [0.1, 0.15) is 25.1 Å². The summed E-state index contributed by atoms with van der Waals surface area (Å²) in [5.74, 6) is 0. The van der Waals surface area contributed by atoms with Crippen LogP contribution in [0.25, 0.3) is 38.1 Å². The first-order valence-corrected chi connectivity index (χ1v) is 10.5. The summed E-state index contributed by atoms with van der Waals surface area (Å²) in [6.45, 7) is 8.36. The Balaban J connectivity index is 2.01. The first-order valence-electron chi connectivity index (χ1n) is 8.77. The molecule has 0 spiro atoms. The van der Waals surface area contributed by atoms with E-state index in [0.29, 0.717) is 5.71 Å². The molecule has 0 saturated heterocycles. The first-order chi connectivity index (χ1) is 12.3. The summed E-state index contributed by atoms with van der Waals surface area (Å²) in [6.07, 6.45) is 2.17. The quantitative estimate of drug-likeness (QED) is 0.390. The summed E-state index contributed by atoms with van der Waals surface area (Å²) < 4.78 is 8.62. The minimum absolute atomic E-state index is 0.380. The van der Waals surface area contributed by atoms with Crippen molar-refractivity contribution in [2.24, 2.45) is 6.66 Å². The third-order valence-electron chi connectivity index (χ3n) is 5.23. The van der Waals surface area contributed by atoms with Crippen molar-refractivity contribution in [3.8, 4) is 0 Å². The number of aromatic nitrogens is 2. The van der Waals surface area contributed by atoms with Gasteiger partial charge < -0.3 is 4.42 Å². The highest BCUT2D eigenvalue weighted by Gasteiger charge is 2.25. The molecule has 5 heteroatoms. The van der Waals surface area contributed by atoms with Crippen molar-refractivity contribution in [1.82, 2.24) is 4.98 Å². The van der Waals surface area contributed by atoms with E-state index in [1.54, 1.807) is 0 Å². The smallest absolute Gasteiger partial charge is 0.227 e. The van der Waals surface area contributed by atoms with Crippen LogP contribution in [0.15, 0.2) is 47.0 Å². The maximum absolute atomic E-state index is 6.36. The average molecular weight is 357 g/mol. The van der Waals surface area contributed by atoms with Gasteiger partial charge in [0.25, 0.3) is 0 Å². The molecule has 2 radical (unpaired) electrons. The second kappa shape index (κ2) is 5.11. The normalized spacial score (nSPS) is 13.5. The highest BCUT2D eigenvalue weighted by Crippen LogP contribution is 2.42. The fraction of sp³-hybridized carbons (Fsp3) is 0.238. The molecule has 126 valence electrons. The summed E-state index contributed by atoms with van der Waals surface area (Å²) in [5, 5.41) is 4.35. The molecule has 0 aliphatic heterocycles. The number of benzene rings is 1. The summed E-state index contributed by atoms with van der Waals surface area (Å²) in [5.41, 5.74) is 4.92. The molecule has 1 unspecified atom stereocenters. The van der Waals surface area contributed by atoms with Gasteiger partial charge in [-0.25, -0.2) is 4.98 Å². The molecule has 0 aliphatic carbocycles. The Hall–Kier alpha value is -2.32. The Morgan fingerprint density at radius 2 is 1.88 bits per heavy atom. The second-order valence-electron chi connectivity index (χ2n) is 7.63. The van der Waals surface area contributed by atoms with Gasteiger partial charge in [0.2, 0.25) is 11.2 Å². The molecule has 0 fully saturated rings. The van der Waals surface area contributed by atoms with E-state index in [9.17, 15) is 0 Å². The third kappa shape index (κ3) is 2.09. The van der Waals surface area contributed by atoms with E-state index in [0.717, 1.165) is 27.6 Å². The molecule has 0 saturated carbocycles. The van der Waals surface area contributed by atoms with Crippen molar-refractivity contribution in [2.75, 3.05) is 0 Å². The van der Waals surface area contributed by atoms with E-state index >= 15 is 0 Å². The van der Waals surface area contributed by atoms with E-state index < -0.39 is 7.69 Å². The molecule has 5 aromatic rings. The minimum atomic E-state index is -0.458. The Labute approximate surface area is 154 Å². The first kappa shape index (κ1) is 15.9. The summed E-state index contributed by atoms with van der Waals surface area (Å²) >= 11 is 0. The number of fused-ring (bicyclic) bond motifs is 7. The van der Waals surface area contributed by atoms with Crippen molar-refractivity contribution >= 4 is 53.6 Å². The number of hydrogen-bond acceptors (Lipinski definition) is 2. The van der Waals surface area contributed by atoms with E-state index in [1.165, 1.54) is 16.0 Å². The maximum Gasteiger partial charge on any atom is 0.227 e. The Morgan fingerprint density at radius 3 is 2.65 bits per heavy atom. The lowest BCUT2D eigenvalue weighted by molar-refractivity contribution is -0.432. The van der Waals surface area contributed by atoms with Crippen molar-refractivity contribution in [3.05, 3.63) is 53.9 Å². The maximum atomic E-state index is 6.36. The van der Waals surface area contributed by atoms with E-state index in [2.05, 4.69) is 52.3 Å². The molecule has 0 amide bonds. The van der Waals surface area contributed by atoms with Gasteiger partial charge in [0.15, 0.2) is 11.8 Å². The molecule has 26 heavy (non-hydrogen) atoms. The van der Waals surface area contributed by atoms with Gasteiger partial charge in [-0.05, 0) is 42.1 Å². The molecular weight excluding hydrogens is 338 g/mol. The number of rotatable bonds is 1. The van der Waals surface area contributed by atoms with Crippen molar-refractivity contribution < 1.29 is 8.58 Å². The van der Waals surface area contributed by atoms with Gasteiger partial charge in [0, 0.05) is 35.3 Å². The van der Waals surface area contributed by atoms with Crippen LogP contribution in [-0.2, 0) is 12.0 Å². The molecule has 0 bridgehead atoms. The van der Waals surface area contributed by atoms with Crippen LogP contribution in [0.2, 0.25) is 0 Å². The van der Waals surface area contributed by atoms with Crippen molar-refractivity contribution in [3.63, 3.8) is 0 Å². The average Bonchev–Trinajstić information content (AvgIpc) is 3.09. The molecule has 1 atom stereocenters. The van der Waals surface area contributed by atoms with Crippen LogP contribution in [0.3, 0.4) is 0 Å². The summed E-state index contributed by atoms with van der Waals surface area (Å²) in [6, 6.07) is 12.9. The highest BCUT2D eigenvalue weighted by molar-refractivity contribution is 7.47. The monoisotopic (exact) mass is 357 g/mol. The fourth-order valence-electron chi connectivity index (χ4n) is 3.78. The minimum Gasteiger partial charge on any atom is -0.437 e. The SMILES string of the molecule is [B]C(C)(C)c1cc[n+]2c(c1)c1c3oc4nc(C)ccc4c3ccc1p2C. The van der Waals surface area contributed by atoms with Gasteiger partial charge in [-0.3, -0.25) is 0 Å². The van der Waals surface area contributed by atoms with Gasteiger partial charge in [-0.2, -0.15) is 4.16 Å².